The Labute approximate surface area is 218 Å². The molecule has 7 aromatic rings. The van der Waals surface area contributed by atoms with Crippen molar-refractivity contribution >= 4 is 55.5 Å². The van der Waals surface area contributed by atoms with Gasteiger partial charge in [0.15, 0.2) is 5.76 Å². The topological polar surface area (TPSA) is 59.5 Å². The highest BCUT2D eigenvalue weighted by Gasteiger charge is 2.14. The van der Waals surface area contributed by atoms with Crippen LogP contribution in [0.15, 0.2) is 125 Å². The number of hydrogen-bond donors (Lipinski definition) is 1. The van der Waals surface area contributed by atoms with E-state index in [0.29, 0.717) is 5.58 Å². The molecule has 0 fully saturated rings. The minimum Gasteiger partial charge on any atom is -0.451 e. The van der Waals surface area contributed by atoms with Crippen LogP contribution in [0.4, 0.5) is 0 Å². The van der Waals surface area contributed by atoms with Gasteiger partial charge in [-0.05, 0) is 51.4 Å². The Balaban J connectivity index is 1.15. The second-order valence-electron chi connectivity index (χ2n) is 9.42. The van der Waals surface area contributed by atoms with Gasteiger partial charge in [0.2, 0.25) is 0 Å². The van der Waals surface area contributed by atoms with Crippen LogP contribution in [-0.2, 0) is 6.54 Å². The Morgan fingerprint density at radius 3 is 2.39 bits per heavy atom. The number of hydrazone groups is 1. The van der Waals surface area contributed by atoms with Gasteiger partial charge in [-0.15, -0.1) is 0 Å². The number of furan rings is 1. The molecule has 0 aliphatic carbocycles. The highest BCUT2D eigenvalue weighted by atomic mass is 16.3. The summed E-state index contributed by atoms with van der Waals surface area (Å²) in [5.41, 5.74) is 6.56. The lowest BCUT2D eigenvalue weighted by Crippen LogP contribution is -2.16. The average molecular weight is 494 g/mol. The lowest BCUT2D eigenvalue weighted by Gasteiger charge is -2.07. The highest BCUT2D eigenvalue weighted by Crippen LogP contribution is 2.28. The van der Waals surface area contributed by atoms with Crippen LogP contribution in [-0.4, -0.2) is 16.7 Å². The summed E-state index contributed by atoms with van der Waals surface area (Å²) in [5.74, 6) is -0.159. The Morgan fingerprint density at radius 1 is 0.763 bits per heavy atom. The second-order valence-corrected chi connectivity index (χ2v) is 9.42. The molecule has 0 atom stereocenters. The van der Waals surface area contributed by atoms with E-state index in [1.165, 1.54) is 16.3 Å². The van der Waals surface area contributed by atoms with Crippen molar-refractivity contribution in [3.05, 3.63) is 132 Å². The van der Waals surface area contributed by atoms with E-state index in [1.54, 1.807) is 12.3 Å². The summed E-state index contributed by atoms with van der Waals surface area (Å²) in [6, 6.07) is 36.9. The molecule has 1 N–H and O–H groups in total. The number of amides is 1. The van der Waals surface area contributed by atoms with E-state index >= 15 is 0 Å². The van der Waals surface area contributed by atoms with Crippen LogP contribution < -0.4 is 5.43 Å². The van der Waals surface area contributed by atoms with Gasteiger partial charge in [0.05, 0.1) is 6.21 Å². The summed E-state index contributed by atoms with van der Waals surface area (Å²) in [6.07, 6.45) is 3.76. The summed E-state index contributed by atoms with van der Waals surface area (Å²) in [4.78, 5) is 12.8. The zero-order chi connectivity index (χ0) is 25.5. The highest BCUT2D eigenvalue weighted by molar-refractivity contribution is 6.08. The molecular formula is C33H23N3O2. The molecule has 5 aromatic carbocycles. The van der Waals surface area contributed by atoms with Crippen LogP contribution in [0, 0.1) is 0 Å². The maximum atomic E-state index is 12.8. The smallest absolute Gasteiger partial charge is 0.307 e. The number of rotatable bonds is 5. The monoisotopic (exact) mass is 493 g/mol. The summed E-state index contributed by atoms with van der Waals surface area (Å²) in [5, 5.41) is 10.9. The van der Waals surface area contributed by atoms with Crippen molar-refractivity contribution in [2.45, 2.75) is 6.54 Å². The number of para-hydroxylation sites is 1. The normalized spacial score (nSPS) is 11.8. The number of fused-ring (bicyclic) bond motifs is 5. The Bertz CT molecular complexity index is 2010. The number of nitrogens with zero attached hydrogens (tertiary/aromatic N) is 2. The summed E-state index contributed by atoms with van der Waals surface area (Å²) in [6.45, 7) is 0.735. The van der Waals surface area contributed by atoms with E-state index in [-0.39, 0.29) is 11.7 Å². The molecule has 5 nitrogen and oxygen atoms in total. The molecule has 0 unspecified atom stereocenters. The van der Waals surface area contributed by atoms with Gasteiger partial charge in [-0.1, -0.05) is 84.9 Å². The molecule has 1 amide bonds. The Hall–Kier alpha value is -5.16. The Morgan fingerprint density at radius 2 is 1.50 bits per heavy atom. The molecule has 7 rings (SSSR count). The first-order valence-corrected chi connectivity index (χ1v) is 12.5. The summed E-state index contributed by atoms with van der Waals surface area (Å²) >= 11 is 0. The fraction of sp³-hybridized carbons (Fsp3) is 0.0303. The van der Waals surface area contributed by atoms with Crippen LogP contribution in [0.25, 0.3) is 43.4 Å². The van der Waals surface area contributed by atoms with Gasteiger partial charge in [0.1, 0.15) is 5.58 Å². The van der Waals surface area contributed by atoms with Gasteiger partial charge in [0.25, 0.3) is 0 Å². The predicted octanol–water partition coefficient (Wildman–Crippen LogP) is 7.51. The Kier molecular flexibility index (Phi) is 5.26. The minimum atomic E-state index is -0.388. The van der Waals surface area contributed by atoms with Crippen molar-refractivity contribution in [3.63, 3.8) is 0 Å². The number of nitrogens with one attached hydrogen (secondary N) is 1. The SMILES string of the molecule is O=C(N/N=C/c1cn(Cc2ccc3ccccc3c2)c2ccccc12)c1cc2c(ccc3ccccc32)o1. The predicted molar refractivity (Wildman–Crippen MR) is 154 cm³/mol. The quantitative estimate of drug-likeness (QED) is 0.199. The first-order chi connectivity index (χ1) is 18.7. The molecule has 5 heteroatoms. The van der Waals surface area contributed by atoms with E-state index in [2.05, 4.69) is 75.9 Å². The van der Waals surface area contributed by atoms with Crippen molar-refractivity contribution < 1.29 is 9.21 Å². The van der Waals surface area contributed by atoms with E-state index in [0.717, 1.165) is 39.2 Å². The molecule has 0 spiro atoms. The molecule has 0 saturated carbocycles. The van der Waals surface area contributed by atoms with Crippen molar-refractivity contribution in [2.75, 3.05) is 0 Å². The number of carbonyl (C=O) groups excluding carboxylic acids is 1. The lowest BCUT2D eigenvalue weighted by molar-refractivity contribution is 0.0929. The molecule has 0 saturated heterocycles. The van der Waals surface area contributed by atoms with E-state index < -0.39 is 0 Å². The van der Waals surface area contributed by atoms with Crippen molar-refractivity contribution in [3.8, 4) is 0 Å². The third-order valence-electron chi connectivity index (χ3n) is 7.01. The van der Waals surface area contributed by atoms with Crippen LogP contribution in [0.5, 0.6) is 0 Å². The van der Waals surface area contributed by atoms with Gasteiger partial charge in [0, 0.05) is 34.6 Å². The van der Waals surface area contributed by atoms with Crippen molar-refractivity contribution in [2.24, 2.45) is 5.10 Å². The standard InChI is InChI=1S/C33H23N3O2/c37-33(32-18-29-27-10-4-3-8-24(27)15-16-31(29)38-32)35-34-19-26-21-36(30-12-6-5-11-28(26)30)20-22-13-14-23-7-1-2-9-25(23)17-22/h1-19,21H,20H2,(H,35,37)/b34-19+. The summed E-state index contributed by atoms with van der Waals surface area (Å²) < 4.78 is 8.04. The molecule has 0 bridgehead atoms. The largest absolute Gasteiger partial charge is 0.451 e. The van der Waals surface area contributed by atoms with E-state index in [1.807, 2.05) is 48.5 Å². The maximum absolute atomic E-state index is 12.8. The molecule has 182 valence electrons. The third kappa shape index (κ3) is 3.91. The molecule has 2 heterocycles. The zero-order valence-electron chi connectivity index (χ0n) is 20.5. The van der Waals surface area contributed by atoms with Gasteiger partial charge >= 0.3 is 5.91 Å². The van der Waals surface area contributed by atoms with Gasteiger partial charge in [-0.25, -0.2) is 5.43 Å². The maximum Gasteiger partial charge on any atom is 0.307 e. The van der Waals surface area contributed by atoms with Crippen molar-refractivity contribution in [1.29, 1.82) is 0 Å². The number of benzene rings is 5. The molecule has 2 aromatic heterocycles. The van der Waals surface area contributed by atoms with Crippen LogP contribution in [0.1, 0.15) is 21.7 Å². The van der Waals surface area contributed by atoms with Gasteiger partial charge in [-0.3, -0.25) is 4.79 Å². The van der Waals surface area contributed by atoms with Crippen molar-refractivity contribution in [1.82, 2.24) is 9.99 Å². The van der Waals surface area contributed by atoms with Crippen LogP contribution >= 0.6 is 0 Å². The second kappa shape index (κ2) is 9.05. The molecule has 38 heavy (non-hydrogen) atoms. The minimum absolute atomic E-state index is 0.229. The molecule has 0 radical (unpaired) electrons. The van der Waals surface area contributed by atoms with Crippen LogP contribution in [0.2, 0.25) is 0 Å². The summed E-state index contributed by atoms with van der Waals surface area (Å²) in [7, 11) is 0. The van der Waals surface area contributed by atoms with E-state index in [9.17, 15) is 4.79 Å². The first-order valence-electron chi connectivity index (χ1n) is 12.5. The molecular weight excluding hydrogens is 470 g/mol. The average Bonchev–Trinajstić information content (AvgIpc) is 3.55. The zero-order valence-corrected chi connectivity index (χ0v) is 20.5. The third-order valence-corrected chi connectivity index (χ3v) is 7.01. The number of hydrogen-bond acceptors (Lipinski definition) is 3. The van der Waals surface area contributed by atoms with E-state index in [4.69, 9.17) is 4.42 Å². The first kappa shape index (κ1) is 22.1. The number of carbonyl (C=O) groups is 1. The molecule has 0 aliphatic heterocycles. The van der Waals surface area contributed by atoms with Crippen LogP contribution in [0.3, 0.4) is 0 Å². The number of aromatic nitrogens is 1. The fourth-order valence-corrected chi connectivity index (χ4v) is 5.16. The lowest BCUT2D eigenvalue weighted by atomic mass is 10.1. The van der Waals surface area contributed by atoms with Gasteiger partial charge < -0.3 is 8.98 Å². The molecule has 0 aliphatic rings. The van der Waals surface area contributed by atoms with Gasteiger partial charge in [-0.2, -0.15) is 5.10 Å². The fourth-order valence-electron chi connectivity index (χ4n) is 5.16.